The topological polar surface area (TPSA) is 75.6 Å². The zero-order valence-corrected chi connectivity index (χ0v) is 22.8. The number of aryl methyl sites for hydroxylation is 2. The molecule has 1 aliphatic rings. The number of hydrogen-bond acceptors (Lipinski definition) is 3. The van der Waals surface area contributed by atoms with Gasteiger partial charge in [0.15, 0.2) is 0 Å². The normalized spacial score (nSPS) is 17.7. The number of rotatable bonds is 12. The number of ether oxygens (including phenoxy) is 1. The highest BCUT2D eigenvalue weighted by molar-refractivity contribution is 5.94. The van der Waals surface area contributed by atoms with E-state index in [9.17, 15) is 22.8 Å². The quantitative estimate of drug-likeness (QED) is 0.293. The SMILES string of the molecule is Cc1cc(OC(CCC(F)F)c2ccc(C(=O)NCCC(=O)O)cc2)cc(C)c1C1=CCC(F)(C(C)C)C=C1. The molecule has 0 heterocycles. The van der Waals surface area contributed by atoms with E-state index in [-0.39, 0.29) is 31.7 Å². The molecule has 210 valence electrons. The van der Waals surface area contributed by atoms with E-state index in [2.05, 4.69) is 5.32 Å². The molecule has 1 amide bonds. The van der Waals surface area contributed by atoms with Gasteiger partial charge in [0.2, 0.25) is 6.43 Å². The molecule has 0 radical (unpaired) electrons. The van der Waals surface area contributed by atoms with Crippen LogP contribution in [0.5, 0.6) is 5.75 Å². The molecule has 2 unspecified atom stereocenters. The van der Waals surface area contributed by atoms with Gasteiger partial charge in [-0.15, -0.1) is 0 Å². The minimum atomic E-state index is -2.49. The molecule has 0 spiro atoms. The van der Waals surface area contributed by atoms with Crippen molar-refractivity contribution in [3.63, 3.8) is 0 Å². The second-order valence-corrected chi connectivity index (χ2v) is 10.3. The predicted octanol–water partition coefficient (Wildman–Crippen LogP) is 7.38. The van der Waals surface area contributed by atoms with E-state index < -0.39 is 30.1 Å². The Kier molecular flexibility index (Phi) is 10.0. The van der Waals surface area contributed by atoms with Crippen LogP contribution in [-0.4, -0.2) is 35.6 Å². The van der Waals surface area contributed by atoms with Crippen LogP contribution >= 0.6 is 0 Å². The fourth-order valence-corrected chi connectivity index (χ4v) is 4.66. The highest BCUT2D eigenvalue weighted by atomic mass is 19.3. The van der Waals surface area contributed by atoms with Crippen molar-refractivity contribution in [2.24, 2.45) is 5.92 Å². The summed E-state index contributed by atoms with van der Waals surface area (Å²) >= 11 is 0. The number of nitrogens with one attached hydrogen (secondary N) is 1. The van der Waals surface area contributed by atoms with Crippen LogP contribution in [-0.2, 0) is 4.79 Å². The van der Waals surface area contributed by atoms with Crippen molar-refractivity contribution in [1.29, 1.82) is 0 Å². The summed E-state index contributed by atoms with van der Waals surface area (Å²) < 4.78 is 47.4. The number of carbonyl (C=O) groups is 2. The molecule has 0 saturated heterocycles. The average molecular weight is 544 g/mol. The van der Waals surface area contributed by atoms with Gasteiger partial charge in [0.25, 0.3) is 5.91 Å². The second-order valence-electron chi connectivity index (χ2n) is 10.3. The van der Waals surface area contributed by atoms with Gasteiger partial charge in [-0.05, 0) is 84.4 Å². The molecule has 5 nitrogen and oxygen atoms in total. The van der Waals surface area contributed by atoms with Gasteiger partial charge in [0.1, 0.15) is 17.5 Å². The standard InChI is InChI=1S/C31H36F3NO4/c1-19(2)31(34)14-11-23(12-15-31)29-20(3)17-25(18-21(29)4)39-26(9-10-27(32)33)22-5-7-24(8-6-22)30(38)35-16-13-28(36)37/h5-8,11-12,14,17-19,26-27H,9-10,13,15-16H2,1-4H3,(H,35,38)(H,36,37). The lowest BCUT2D eigenvalue weighted by molar-refractivity contribution is -0.136. The van der Waals surface area contributed by atoms with E-state index in [4.69, 9.17) is 9.84 Å². The summed E-state index contributed by atoms with van der Waals surface area (Å²) in [6, 6.07) is 10.2. The van der Waals surface area contributed by atoms with Gasteiger partial charge in [0, 0.05) is 24.9 Å². The fourth-order valence-electron chi connectivity index (χ4n) is 4.66. The molecule has 0 saturated carbocycles. The lowest BCUT2D eigenvalue weighted by atomic mass is 9.82. The molecule has 0 aromatic heterocycles. The van der Waals surface area contributed by atoms with Crippen LogP contribution in [0.4, 0.5) is 13.2 Å². The molecular weight excluding hydrogens is 507 g/mol. The Hall–Kier alpha value is -3.55. The van der Waals surface area contributed by atoms with Gasteiger partial charge in [-0.3, -0.25) is 9.59 Å². The molecule has 0 aliphatic heterocycles. The number of halogens is 3. The number of alkyl halides is 3. The fraction of sp³-hybridized carbons (Fsp3) is 0.419. The van der Waals surface area contributed by atoms with Crippen molar-refractivity contribution in [3.05, 3.63) is 82.4 Å². The summed E-state index contributed by atoms with van der Waals surface area (Å²) in [6.45, 7) is 7.61. The molecule has 3 rings (SSSR count). The minimum absolute atomic E-state index is 0.00378. The van der Waals surface area contributed by atoms with Gasteiger partial charge in [0.05, 0.1) is 6.42 Å². The maximum atomic E-state index is 15.0. The smallest absolute Gasteiger partial charge is 0.305 e. The zero-order chi connectivity index (χ0) is 28.7. The number of carboxylic acids is 1. The Labute approximate surface area is 227 Å². The van der Waals surface area contributed by atoms with Gasteiger partial charge in [-0.25, -0.2) is 13.2 Å². The van der Waals surface area contributed by atoms with Crippen LogP contribution in [0.2, 0.25) is 0 Å². The number of allylic oxidation sites excluding steroid dienone is 4. The number of benzene rings is 2. The third-order valence-electron chi connectivity index (χ3n) is 7.02. The van der Waals surface area contributed by atoms with Gasteiger partial charge >= 0.3 is 5.97 Å². The summed E-state index contributed by atoms with van der Waals surface area (Å²) in [4.78, 5) is 22.9. The van der Waals surface area contributed by atoms with E-state index in [0.29, 0.717) is 23.3 Å². The summed E-state index contributed by atoms with van der Waals surface area (Å²) in [5.41, 5.74) is 3.40. The second kappa shape index (κ2) is 13.0. The lowest BCUT2D eigenvalue weighted by Gasteiger charge is -2.28. The van der Waals surface area contributed by atoms with Crippen molar-refractivity contribution >= 4 is 17.4 Å². The summed E-state index contributed by atoms with van der Waals surface area (Å²) in [5.74, 6) is -1.02. The monoisotopic (exact) mass is 543 g/mol. The van der Waals surface area contributed by atoms with Crippen LogP contribution < -0.4 is 10.1 Å². The van der Waals surface area contributed by atoms with Crippen LogP contribution in [0.3, 0.4) is 0 Å². The van der Waals surface area contributed by atoms with Gasteiger partial charge < -0.3 is 15.2 Å². The molecule has 2 aromatic carbocycles. The van der Waals surface area contributed by atoms with Crippen molar-refractivity contribution < 1.29 is 32.6 Å². The predicted molar refractivity (Wildman–Crippen MR) is 146 cm³/mol. The first kappa shape index (κ1) is 30.0. The number of carboxylic acid groups (broad SMARTS) is 1. The first-order valence-corrected chi connectivity index (χ1v) is 13.1. The first-order chi connectivity index (χ1) is 18.4. The minimum Gasteiger partial charge on any atom is -0.486 e. The largest absolute Gasteiger partial charge is 0.486 e. The molecule has 0 fully saturated rings. The number of aliphatic carboxylic acids is 1. The lowest BCUT2D eigenvalue weighted by Crippen LogP contribution is -2.27. The maximum Gasteiger partial charge on any atom is 0.305 e. The van der Waals surface area contributed by atoms with Crippen molar-refractivity contribution in [2.45, 2.75) is 71.6 Å². The molecular formula is C31H36F3NO4. The molecule has 8 heteroatoms. The Bertz CT molecular complexity index is 1210. The number of carbonyl (C=O) groups excluding carboxylic acids is 1. The average Bonchev–Trinajstić information content (AvgIpc) is 2.87. The first-order valence-electron chi connectivity index (χ1n) is 13.1. The highest BCUT2D eigenvalue weighted by Gasteiger charge is 2.32. The highest BCUT2D eigenvalue weighted by Crippen LogP contribution is 2.38. The third-order valence-corrected chi connectivity index (χ3v) is 7.02. The van der Waals surface area contributed by atoms with E-state index in [1.165, 1.54) is 0 Å². The van der Waals surface area contributed by atoms with Crippen molar-refractivity contribution in [2.75, 3.05) is 6.54 Å². The molecule has 2 aromatic rings. The third kappa shape index (κ3) is 7.97. The van der Waals surface area contributed by atoms with Crippen LogP contribution in [0, 0.1) is 19.8 Å². The van der Waals surface area contributed by atoms with Gasteiger partial charge in [-0.2, -0.15) is 0 Å². The van der Waals surface area contributed by atoms with Crippen LogP contribution in [0.25, 0.3) is 5.57 Å². The molecule has 39 heavy (non-hydrogen) atoms. The summed E-state index contributed by atoms with van der Waals surface area (Å²) in [5, 5.41) is 11.3. The molecule has 1 aliphatic carbocycles. The number of amides is 1. The van der Waals surface area contributed by atoms with Crippen molar-refractivity contribution in [3.8, 4) is 5.75 Å². The Morgan fingerprint density at radius 1 is 1.08 bits per heavy atom. The summed E-state index contributed by atoms with van der Waals surface area (Å²) in [7, 11) is 0. The van der Waals surface area contributed by atoms with E-state index in [1.54, 1.807) is 30.3 Å². The molecule has 2 atom stereocenters. The van der Waals surface area contributed by atoms with Crippen molar-refractivity contribution in [1.82, 2.24) is 5.32 Å². The van der Waals surface area contributed by atoms with Crippen LogP contribution in [0.1, 0.15) is 78.2 Å². The molecule has 0 bridgehead atoms. The Morgan fingerprint density at radius 3 is 2.23 bits per heavy atom. The Balaban J connectivity index is 1.79. The zero-order valence-electron chi connectivity index (χ0n) is 22.8. The van der Waals surface area contributed by atoms with E-state index in [1.807, 2.05) is 52.0 Å². The van der Waals surface area contributed by atoms with Crippen LogP contribution in [0.15, 0.2) is 54.6 Å². The van der Waals surface area contributed by atoms with Gasteiger partial charge in [-0.1, -0.05) is 38.1 Å². The summed E-state index contributed by atoms with van der Waals surface area (Å²) in [6.07, 6.45) is 2.06. The van der Waals surface area contributed by atoms with E-state index >= 15 is 0 Å². The Morgan fingerprint density at radius 2 is 1.72 bits per heavy atom. The van der Waals surface area contributed by atoms with E-state index in [0.717, 1.165) is 22.3 Å². The number of hydrogen-bond donors (Lipinski definition) is 2. The molecule has 2 N–H and O–H groups in total. The maximum absolute atomic E-state index is 15.0.